The van der Waals surface area contributed by atoms with Crippen LogP contribution in [0.4, 0.5) is 0 Å². The normalized spacial score (nSPS) is 18.5. The maximum Gasteiger partial charge on any atom is 0.236 e. The van der Waals surface area contributed by atoms with Crippen LogP contribution in [0, 0.1) is 0 Å². The van der Waals surface area contributed by atoms with E-state index in [-0.39, 0.29) is 5.91 Å². The number of hydrogen-bond acceptors (Lipinski definition) is 3. The van der Waals surface area contributed by atoms with E-state index in [9.17, 15) is 4.79 Å². The van der Waals surface area contributed by atoms with Crippen molar-refractivity contribution in [3.8, 4) is 0 Å². The van der Waals surface area contributed by atoms with Crippen LogP contribution in [0.3, 0.4) is 0 Å². The minimum absolute atomic E-state index is 0.179. The van der Waals surface area contributed by atoms with Gasteiger partial charge < -0.3 is 15.5 Å². The number of rotatable bonds is 6. The van der Waals surface area contributed by atoms with Gasteiger partial charge in [0.2, 0.25) is 5.91 Å². The number of carbonyl (C=O) groups is 1. The Bertz CT molecular complexity index is 388. The first-order chi connectivity index (χ1) is 9.29. The van der Waals surface area contributed by atoms with Gasteiger partial charge in [-0.1, -0.05) is 30.3 Å². The van der Waals surface area contributed by atoms with Crippen LogP contribution in [0.1, 0.15) is 18.9 Å². The molecule has 1 fully saturated rings. The van der Waals surface area contributed by atoms with E-state index < -0.39 is 0 Å². The molecule has 104 valence electrons. The largest absolute Gasteiger partial charge is 0.338 e. The van der Waals surface area contributed by atoms with E-state index in [2.05, 4.69) is 22.8 Å². The van der Waals surface area contributed by atoms with Gasteiger partial charge in [0.05, 0.1) is 6.54 Å². The lowest BCUT2D eigenvalue weighted by Crippen LogP contribution is -2.42. The first kappa shape index (κ1) is 14.0. The van der Waals surface area contributed by atoms with E-state index in [1.165, 1.54) is 5.56 Å². The summed E-state index contributed by atoms with van der Waals surface area (Å²) in [5.41, 5.74) is 1.18. The quantitative estimate of drug-likeness (QED) is 0.802. The Morgan fingerprint density at radius 2 is 2.21 bits per heavy atom. The van der Waals surface area contributed by atoms with Crippen LogP contribution in [0.15, 0.2) is 30.3 Å². The van der Waals surface area contributed by atoms with Crippen molar-refractivity contribution in [2.75, 3.05) is 26.2 Å². The van der Waals surface area contributed by atoms with Gasteiger partial charge in [-0.05, 0) is 25.5 Å². The second kappa shape index (κ2) is 7.26. The van der Waals surface area contributed by atoms with Gasteiger partial charge in [0.15, 0.2) is 0 Å². The molecular formula is C15H23N3O. The molecule has 1 aromatic carbocycles. The van der Waals surface area contributed by atoms with Crippen molar-refractivity contribution >= 4 is 5.91 Å². The summed E-state index contributed by atoms with van der Waals surface area (Å²) in [5.74, 6) is 0.179. The number of hydrogen-bond donors (Lipinski definition) is 2. The molecule has 1 saturated heterocycles. The van der Waals surface area contributed by atoms with Crippen molar-refractivity contribution in [3.05, 3.63) is 35.9 Å². The highest BCUT2D eigenvalue weighted by Gasteiger charge is 2.17. The van der Waals surface area contributed by atoms with Gasteiger partial charge in [-0.3, -0.25) is 4.79 Å². The molecule has 4 nitrogen and oxygen atoms in total. The molecule has 1 aromatic rings. The molecule has 0 bridgehead atoms. The lowest BCUT2D eigenvalue weighted by atomic mass is 10.2. The molecule has 1 amide bonds. The number of likely N-dealkylation sites (N-methyl/N-ethyl adjacent to an activating group) is 1. The van der Waals surface area contributed by atoms with Crippen molar-refractivity contribution in [1.29, 1.82) is 0 Å². The monoisotopic (exact) mass is 261 g/mol. The van der Waals surface area contributed by atoms with Crippen molar-refractivity contribution in [3.63, 3.8) is 0 Å². The third-order valence-electron chi connectivity index (χ3n) is 3.55. The van der Waals surface area contributed by atoms with Crippen LogP contribution < -0.4 is 10.6 Å². The van der Waals surface area contributed by atoms with Crippen LogP contribution >= 0.6 is 0 Å². The molecular weight excluding hydrogens is 238 g/mol. The van der Waals surface area contributed by atoms with Gasteiger partial charge in [-0.15, -0.1) is 0 Å². The fourth-order valence-corrected chi connectivity index (χ4v) is 2.35. The molecule has 0 aliphatic carbocycles. The molecule has 2 N–H and O–H groups in total. The zero-order chi connectivity index (χ0) is 13.5. The van der Waals surface area contributed by atoms with E-state index in [0.29, 0.717) is 19.1 Å². The lowest BCUT2D eigenvalue weighted by molar-refractivity contribution is -0.130. The molecule has 2 rings (SSSR count). The van der Waals surface area contributed by atoms with E-state index in [4.69, 9.17) is 0 Å². The predicted molar refractivity (Wildman–Crippen MR) is 76.8 cm³/mol. The summed E-state index contributed by atoms with van der Waals surface area (Å²) >= 11 is 0. The van der Waals surface area contributed by atoms with Crippen LogP contribution in [0.5, 0.6) is 0 Å². The SMILES string of the molecule is CCN(Cc1ccccc1)C(=O)CNC1CCNC1. The second-order valence-electron chi connectivity index (χ2n) is 4.96. The van der Waals surface area contributed by atoms with Gasteiger partial charge in [-0.25, -0.2) is 0 Å². The van der Waals surface area contributed by atoms with Crippen LogP contribution in [0.25, 0.3) is 0 Å². The number of benzene rings is 1. The van der Waals surface area contributed by atoms with Gasteiger partial charge >= 0.3 is 0 Å². The minimum atomic E-state index is 0.179. The molecule has 1 aliphatic heterocycles. The summed E-state index contributed by atoms with van der Waals surface area (Å²) < 4.78 is 0. The fourth-order valence-electron chi connectivity index (χ4n) is 2.35. The second-order valence-corrected chi connectivity index (χ2v) is 4.96. The molecule has 0 spiro atoms. The average Bonchev–Trinajstić information content (AvgIpc) is 2.96. The first-order valence-electron chi connectivity index (χ1n) is 7.05. The third-order valence-corrected chi connectivity index (χ3v) is 3.55. The summed E-state index contributed by atoms with van der Waals surface area (Å²) in [6.07, 6.45) is 1.11. The Morgan fingerprint density at radius 3 is 2.84 bits per heavy atom. The van der Waals surface area contributed by atoms with E-state index in [0.717, 1.165) is 26.1 Å². The predicted octanol–water partition coefficient (Wildman–Crippen LogP) is 0.987. The highest BCUT2D eigenvalue weighted by atomic mass is 16.2. The molecule has 1 unspecified atom stereocenters. The van der Waals surface area contributed by atoms with Crippen molar-refractivity contribution in [1.82, 2.24) is 15.5 Å². The summed E-state index contributed by atoms with van der Waals surface area (Å²) in [6, 6.07) is 10.6. The molecule has 0 radical (unpaired) electrons. The Kier molecular flexibility index (Phi) is 5.36. The van der Waals surface area contributed by atoms with E-state index >= 15 is 0 Å². The van der Waals surface area contributed by atoms with Crippen molar-refractivity contribution in [2.45, 2.75) is 25.9 Å². The number of nitrogens with one attached hydrogen (secondary N) is 2. The number of amides is 1. The minimum Gasteiger partial charge on any atom is -0.338 e. The van der Waals surface area contributed by atoms with Gasteiger partial charge in [0, 0.05) is 25.7 Å². The molecule has 1 heterocycles. The van der Waals surface area contributed by atoms with Gasteiger partial charge in [-0.2, -0.15) is 0 Å². The molecule has 0 aromatic heterocycles. The summed E-state index contributed by atoms with van der Waals surface area (Å²) in [7, 11) is 0. The van der Waals surface area contributed by atoms with E-state index in [1.54, 1.807) is 0 Å². The summed E-state index contributed by atoms with van der Waals surface area (Å²) in [5, 5.41) is 6.62. The standard InChI is InChI=1S/C15H23N3O/c1-2-18(12-13-6-4-3-5-7-13)15(19)11-17-14-8-9-16-10-14/h3-7,14,16-17H,2,8-12H2,1H3. The molecule has 4 heteroatoms. The van der Waals surface area contributed by atoms with Gasteiger partial charge in [0.1, 0.15) is 0 Å². The fraction of sp³-hybridized carbons (Fsp3) is 0.533. The molecule has 19 heavy (non-hydrogen) atoms. The topological polar surface area (TPSA) is 44.4 Å². The Morgan fingerprint density at radius 1 is 1.42 bits per heavy atom. The smallest absolute Gasteiger partial charge is 0.236 e. The van der Waals surface area contributed by atoms with Gasteiger partial charge in [0.25, 0.3) is 0 Å². The number of carbonyl (C=O) groups excluding carboxylic acids is 1. The number of nitrogens with zero attached hydrogens (tertiary/aromatic N) is 1. The highest BCUT2D eigenvalue weighted by Crippen LogP contribution is 2.04. The molecule has 1 aliphatic rings. The molecule has 0 saturated carbocycles. The van der Waals surface area contributed by atoms with Crippen LogP contribution in [0.2, 0.25) is 0 Å². The van der Waals surface area contributed by atoms with Crippen molar-refractivity contribution < 1.29 is 4.79 Å². The average molecular weight is 261 g/mol. The van der Waals surface area contributed by atoms with Crippen LogP contribution in [-0.4, -0.2) is 43.0 Å². The lowest BCUT2D eigenvalue weighted by Gasteiger charge is -2.22. The summed E-state index contributed by atoms with van der Waals surface area (Å²) in [4.78, 5) is 14.1. The Balaban J connectivity index is 1.81. The Labute approximate surface area is 115 Å². The highest BCUT2D eigenvalue weighted by molar-refractivity contribution is 5.78. The summed E-state index contributed by atoms with van der Waals surface area (Å²) in [6.45, 7) is 5.93. The van der Waals surface area contributed by atoms with Crippen molar-refractivity contribution in [2.24, 2.45) is 0 Å². The maximum absolute atomic E-state index is 12.2. The Hall–Kier alpha value is -1.39. The van der Waals surface area contributed by atoms with E-state index in [1.807, 2.05) is 30.0 Å². The zero-order valence-electron chi connectivity index (χ0n) is 11.6. The molecule has 1 atom stereocenters. The first-order valence-corrected chi connectivity index (χ1v) is 7.05. The maximum atomic E-state index is 12.2. The van der Waals surface area contributed by atoms with Crippen LogP contribution in [-0.2, 0) is 11.3 Å². The third kappa shape index (κ3) is 4.33. The zero-order valence-corrected chi connectivity index (χ0v) is 11.6.